The van der Waals surface area contributed by atoms with Crippen LogP contribution in [0.25, 0.3) is 21.2 Å². The first-order valence-electron chi connectivity index (χ1n) is 9.87. The van der Waals surface area contributed by atoms with Crippen LogP contribution in [0.3, 0.4) is 0 Å². The van der Waals surface area contributed by atoms with E-state index < -0.39 is 0 Å². The van der Waals surface area contributed by atoms with Gasteiger partial charge in [-0.15, -0.1) is 11.3 Å². The van der Waals surface area contributed by atoms with E-state index in [1.54, 1.807) is 24.3 Å². The van der Waals surface area contributed by atoms with Gasteiger partial charge in [-0.25, -0.2) is 0 Å². The van der Waals surface area contributed by atoms with Crippen LogP contribution in [0.2, 0.25) is 0 Å². The zero-order chi connectivity index (χ0) is 22.7. The number of hydrogen-bond donors (Lipinski definition) is 1. The Morgan fingerprint density at radius 1 is 0.969 bits per heavy atom. The van der Waals surface area contributed by atoms with Crippen LogP contribution in [0.5, 0.6) is 11.5 Å². The van der Waals surface area contributed by atoms with Crippen LogP contribution in [0.4, 0.5) is 0 Å². The molecule has 0 bridgehead atoms. The van der Waals surface area contributed by atoms with E-state index in [1.807, 2.05) is 50.2 Å². The minimum absolute atomic E-state index is 0.0365. The Morgan fingerprint density at radius 2 is 1.69 bits per heavy atom. The molecule has 0 aliphatic heterocycles. The van der Waals surface area contributed by atoms with Crippen molar-refractivity contribution in [3.8, 4) is 22.6 Å². The summed E-state index contributed by atoms with van der Waals surface area (Å²) in [5.41, 5.74) is 4.23. The summed E-state index contributed by atoms with van der Waals surface area (Å²) >= 11 is 1.38. The van der Waals surface area contributed by atoms with Crippen LogP contribution in [0.1, 0.15) is 26.4 Å². The van der Waals surface area contributed by atoms with Gasteiger partial charge in [-0.3, -0.25) is 9.59 Å². The van der Waals surface area contributed by atoms with E-state index in [2.05, 4.69) is 4.74 Å². The average Bonchev–Trinajstić information content (AvgIpc) is 3.15. The van der Waals surface area contributed by atoms with E-state index in [-0.39, 0.29) is 11.5 Å². The molecule has 0 saturated carbocycles. The van der Waals surface area contributed by atoms with Gasteiger partial charge in [0.25, 0.3) is 6.47 Å². The molecule has 160 valence electrons. The summed E-state index contributed by atoms with van der Waals surface area (Å²) in [7, 11) is 0. The van der Waals surface area contributed by atoms with Gasteiger partial charge in [0.2, 0.25) is 5.78 Å². The number of rotatable bonds is 7. The quantitative estimate of drug-likeness (QED) is 0.210. The molecule has 3 aromatic carbocycles. The second kappa shape index (κ2) is 9.08. The Bertz CT molecular complexity index is 1310. The summed E-state index contributed by atoms with van der Waals surface area (Å²) in [4.78, 5) is 24.5. The third kappa shape index (κ3) is 4.13. The number of ketones is 1. The van der Waals surface area contributed by atoms with Gasteiger partial charge >= 0.3 is 0 Å². The normalized spacial score (nSPS) is 11.1. The fourth-order valence-corrected chi connectivity index (χ4v) is 4.89. The summed E-state index contributed by atoms with van der Waals surface area (Å²) in [6.45, 7) is 4.18. The predicted molar refractivity (Wildman–Crippen MR) is 125 cm³/mol. The number of ether oxygens (including phenoxy) is 2. The number of phenolic OH excluding ortho intramolecular Hbond substituents is 1. The van der Waals surface area contributed by atoms with Crippen LogP contribution < -0.4 is 4.74 Å². The molecule has 0 amide bonds. The molecule has 5 nitrogen and oxygen atoms in total. The summed E-state index contributed by atoms with van der Waals surface area (Å²) in [6.07, 6.45) is 2.41. The number of benzene rings is 3. The Labute approximate surface area is 189 Å². The Balaban J connectivity index is 1.82. The Morgan fingerprint density at radius 3 is 2.38 bits per heavy atom. The molecule has 4 aromatic rings. The van der Waals surface area contributed by atoms with Crippen molar-refractivity contribution in [2.45, 2.75) is 13.8 Å². The number of fused-ring (bicyclic) bond motifs is 1. The van der Waals surface area contributed by atoms with E-state index >= 15 is 0 Å². The van der Waals surface area contributed by atoms with Gasteiger partial charge in [-0.2, -0.15) is 0 Å². The van der Waals surface area contributed by atoms with Crippen molar-refractivity contribution in [1.29, 1.82) is 0 Å². The molecule has 1 heterocycles. The topological polar surface area (TPSA) is 72.8 Å². The van der Waals surface area contributed by atoms with Crippen LogP contribution in [-0.2, 0) is 9.53 Å². The number of carbonyl (C=O) groups is 2. The summed E-state index contributed by atoms with van der Waals surface area (Å²) in [5, 5.41) is 10.9. The lowest BCUT2D eigenvalue weighted by molar-refractivity contribution is -0.123. The van der Waals surface area contributed by atoms with Crippen LogP contribution in [-0.4, -0.2) is 17.4 Å². The number of hydrogen-bond acceptors (Lipinski definition) is 6. The standard InChI is InChI=1S/C26H20O5S/c1-16-4-3-5-17(2)23(16)25(29)26-24(21-11-8-19(28)14-22(21)32-26)18-6-9-20(10-7-18)31-13-12-30-15-27/h3-15,28H,1-2H3/b13-12+. The third-order valence-electron chi connectivity index (χ3n) is 5.12. The fourth-order valence-electron chi connectivity index (χ4n) is 3.69. The monoisotopic (exact) mass is 444 g/mol. The molecule has 6 heteroatoms. The van der Waals surface area contributed by atoms with E-state index in [4.69, 9.17) is 4.74 Å². The van der Waals surface area contributed by atoms with Crippen molar-refractivity contribution in [2.75, 3.05) is 0 Å². The van der Waals surface area contributed by atoms with Crippen molar-refractivity contribution >= 4 is 33.7 Å². The minimum atomic E-state index is -0.0365. The Hall–Kier alpha value is -3.90. The van der Waals surface area contributed by atoms with Gasteiger partial charge in [-0.1, -0.05) is 30.3 Å². The second-order valence-electron chi connectivity index (χ2n) is 7.23. The molecule has 0 atom stereocenters. The summed E-state index contributed by atoms with van der Waals surface area (Å²) in [6, 6.07) is 18.3. The molecule has 0 aliphatic carbocycles. The van der Waals surface area contributed by atoms with Crippen molar-refractivity contribution in [3.05, 3.63) is 94.8 Å². The number of phenols is 1. The SMILES string of the molecule is Cc1cccc(C)c1C(=O)c1sc2cc(O)ccc2c1-c1ccc(O/C=C/OC=O)cc1. The zero-order valence-corrected chi connectivity index (χ0v) is 18.3. The third-order valence-corrected chi connectivity index (χ3v) is 6.28. The average molecular weight is 445 g/mol. The molecular weight excluding hydrogens is 424 g/mol. The first kappa shape index (κ1) is 21.3. The maximum absolute atomic E-state index is 13.7. The van der Waals surface area contributed by atoms with E-state index in [9.17, 15) is 14.7 Å². The fraction of sp³-hybridized carbons (Fsp3) is 0.0769. The number of aryl methyl sites for hydroxylation is 2. The molecule has 4 rings (SSSR count). The smallest absolute Gasteiger partial charge is 0.298 e. The van der Waals surface area contributed by atoms with Crippen molar-refractivity contribution in [3.63, 3.8) is 0 Å². The molecule has 0 radical (unpaired) electrons. The maximum atomic E-state index is 13.7. The maximum Gasteiger partial charge on any atom is 0.298 e. The lowest BCUT2D eigenvalue weighted by Crippen LogP contribution is -2.05. The molecule has 0 saturated heterocycles. The first-order valence-corrected chi connectivity index (χ1v) is 10.7. The zero-order valence-electron chi connectivity index (χ0n) is 17.5. The highest BCUT2D eigenvalue weighted by atomic mass is 32.1. The molecule has 0 spiro atoms. The number of thiophene rings is 1. The molecule has 1 aromatic heterocycles. The van der Waals surface area contributed by atoms with Gasteiger partial charge in [0, 0.05) is 21.2 Å². The minimum Gasteiger partial charge on any atom is -0.508 e. The van der Waals surface area contributed by atoms with Crippen molar-refractivity contribution in [1.82, 2.24) is 0 Å². The molecular formula is C26H20O5S. The Kier molecular flexibility index (Phi) is 6.05. The van der Waals surface area contributed by atoms with Gasteiger partial charge in [0.15, 0.2) is 0 Å². The highest BCUT2D eigenvalue weighted by molar-refractivity contribution is 7.21. The lowest BCUT2D eigenvalue weighted by Gasteiger charge is -2.10. The first-order chi connectivity index (χ1) is 15.5. The van der Waals surface area contributed by atoms with Crippen LogP contribution in [0, 0.1) is 13.8 Å². The second-order valence-corrected chi connectivity index (χ2v) is 8.28. The number of aromatic hydroxyl groups is 1. The lowest BCUT2D eigenvalue weighted by atomic mass is 9.94. The highest BCUT2D eigenvalue weighted by Gasteiger charge is 2.23. The van der Waals surface area contributed by atoms with Crippen LogP contribution in [0.15, 0.2) is 73.2 Å². The predicted octanol–water partition coefficient (Wildman–Crippen LogP) is 6.14. The van der Waals surface area contributed by atoms with Gasteiger partial charge < -0.3 is 14.6 Å². The largest absolute Gasteiger partial charge is 0.508 e. The van der Waals surface area contributed by atoms with Crippen molar-refractivity contribution < 1.29 is 24.2 Å². The van der Waals surface area contributed by atoms with E-state index in [1.165, 1.54) is 17.6 Å². The van der Waals surface area contributed by atoms with Gasteiger partial charge in [-0.05, 0) is 60.9 Å². The van der Waals surface area contributed by atoms with E-state index in [0.29, 0.717) is 22.7 Å². The molecule has 1 N–H and O–H groups in total. The molecule has 0 aliphatic rings. The summed E-state index contributed by atoms with van der Waals surface area (Å²) in [5.74, 6) is 0.675. The summed E-state index contributed by atoms with van der Waals surface area (Å²) < 4.78 is 10.7. The molecule has 32 heavy (non-hydrogen) atoms. The van der Waals surface area contributed by atoms with Crippen molar-refractivity contribution in [2.24, 2.45) is 0 Å². The van der Waals surface area contributed by atoms with Crippen LogP contribution >= 0.6 is 11.3 Å². The molecule has 0 unspecified atom stereocenters. The van der Waals surface area contributed by atoms with E-state index in [0.717, 1.165) is 38.6 Å². The number of carbonyl (C=O) groups excluding carboxylic acids is 2. The van der Waals surface area contributed by atoms with Gasteiger partial charge in [0.1, 0.15) is 24.0 Å². The van der Waals surface area contributed by atoms with Gasteiger partial charge in [0.05, 0.1) is 4.88 Å². The highest BCUT2D eigenvalue weighted by Crippen LogP contribution is 2.42. The molecule has 0 fully saturated rings.